The van der Waals surface area contributed by atoms with Crippen LogP contribution in [0, 0.1) is 0 Å². The minimum atomic E-state index is -0.742. The largest absolute Gasteiger partial charge is 0.333 e. The maximum Gasteiger partial charge on any atom is 0.333 e. The summed E-state index contributed by atoms with van der Waals surface area (Å²) in [4.78, 5) is 195. The second-order valence-electron chi connectivity index (χ2n) is 15.1. The number of carbonyl (C=O) groups excluding carboxylic acids is 16. The van der Waals surface area contributed by atoms with E-state index in [9.17, 15) is 76.7 Å². The first-order valence-corrected chi connectivity index (χ1v) is 22.1. The molecule has 68 heavy (non-hydrogen) atoms. The van der Waals surface area contributed by atoms with Gasteiger partial charge in [0.1, 0.15) is 11.6 Å². The minimum absolute atomic E-state index is 0.0128. The van der Waals surface area contributed by atoms with Crippen LogP contribution in [0.25, 0.3) is 0 Å². The van der Waals surface area contributed by atoms with Crippen LogP contribution in [0.4, 0.5) is 0 Å². The van der Waals surface area contributed by atoms with Gasteiger partial charge in [-0.3, -0.25) is 52.8 Å². The normalized spacial score (nSPS) is 16.3. The average molecular weight is 966 g/mol. The van der Waals surface area contributed by atoms with Gasteiger partial charge in [-0.25, -0.2) is 19.2 Å². The van der Waals surface area contributed by atoms with Crippen molar-refractivity contribution >= 4 is 94.5 Å². The van der Waals surface area contributed by atoms with Gasteiger partial charge in [-0.05, 0) is 33.6 Å². The van der Waals surface area contributed by atoms with Crippen LogP contribution in [-0.4, -0.2) is 126 Å². The number of Topliss-reactive ketones (excluding diaryl/α,β-unsaturated/α-hetero) is 2. The van der Waals surface area contributed by atoms with Gasteiger partial charge in [0.05, 0.1) is 6.42 Å². The maximum atomic E-state index is 11.3. The number of ketones is 2. The molecule has 5 saturated heterocycles. The van der Waals surface area contributed by atoms with Gasteiger partial charge in [0, 0.05) is 103 Å². The fourth-order valence-electron chi connectivity index (χ4n) is 5.67. The highest BCUT2D eigenvalue weighted by Gasteiger charge is 2.35. The molecule has 0 saturated carbocycles. The molecular formula is C43H59N5O20. The molecule has 0 unspecified atom stereocenters. The number of imide groups is 5. The number of nitrogens with zero attached hydrogens (tertiary/aromatic N) is 5. The molecule has 0 bridgehead atoms. The summed E-state index contributed by atoms with van der Waals surface area (Å²) in [6.45, 7) is 8.78. The molecule has 0 N–H and O–H groups in total. The van der Waals surface area contributed by atoms with Gasteiger partial charge in [0.2, 0.25) is 11.8 Å². The van der Waals surface area contributed by atoms with Crippen LogP contribution >= 0.6 is 0 Å². The Hall–Kier alpha value is -7.08. The molecular weight excluding hydrogens is 906 g/mol. The molecule has 0 aromatic rings. The van der Waals surface area contributed by atoms with E-state index in [4.69, 9.17) is 4.84 Å². The van der Waals surface area contributed by atoms with E-state index in [1.54, 1.807) is 13.8 Å². The molecule has 10 amide bonds. The lowest BCUT2D eigenvalue weighted by Gasteiger charge is -2.12. The predicted molar refractivity (Wildman–Crippen MR) is 224 cm³/mol. The Morgan fingerprint density at radius 1 is 0.353 bits per heavy atom. The Kier molecular flexibility index (Phi) is 26.9. The molecule has 376 valence electrons. The second-order valence-corrected chi connectivity index (χ2v) is 15.1. The van der Waals surface area contributed by atoms with E-state index < -0.39 is 71.1 Å². The molecule has 5 fully saturated rings. The number of hydrogen-bond donors (Lipinski definition) is 0. The van der Waals surface area contributed by atoms with Crippen molar-refractivity contribution in [2.45, 2.75) is 169 Å². The fraction of sp³-hybridized carbons (Fsp3) is 0.628. The smallest absolute Gasteiger partial charge is 0.330 e. The molecule has 0 aromatic carbocycles. The zero-order valence-corrected chi connectivity index (χ0v) is 39.0. The van der Waals surface area contributed by atoms with Crippen molar-refractivity contribution in [1.29, 1.82) is 0 Å². The summed E-state index contributed by atoms with van der Waals surface area (Å²) < 4.78 is 0. The zero-order chi connectivity index (χ0) is 51.5. The van der Waals surface area contributed by atoms with E-state index in [-0.39, 0.29) is 113 Å². The van der Waals surface area contributed by atoms with Gasteiger partial charge in [-0.2, -0.15) is 0 Å². The lowest BCUT2D eigenvalue weighted by Crippen LogP contribution is -2.32. The first-order chi connectivity index (χ1) is 32.1. The van der Waals surface area contributed by atoms with Gasteiger partial charge in [-0.1, -0.05) is 33.1 Å². The van der Waals surface area contributed by atoms with Gasteiger partial charge in [0.25, 0.3) is 47.3 Å². The van der Waals surface area contributed by atoms with Crippen molar-refractivity contribution in [3.05, 3.63) is 0 Å². The van der Waals surface area contributed by atoms with Gasteiger partial charge >= 0.3 is 23.9 Å². The third kappa shape index (κ3) is 21.9. The second kappa shape index (κ2) is 31.0. The number of amides is 10. The van der Waals surface area contributed by atoms with E-state index in [1.807, 2.05) is 0 Å². The molecule has 5 aliphatic rings. The molecule has 0 atom stereocenters. The summed E-state index contributed by atoms with van der Waals surface area (Å²) in [5.74, 6) is -6.45. The van der Waals surface area contributed by atoms with Crippen LogP contribution in [-0.2, 0) is 96.1 Å². The SMILES string of the molecule is CC(=O)CCC(=O)ON1C(=O)CCC1=O.CC(=O)CCCC(=O)ON1C(=O)CCC1=O.CCC(=O)ON1C(=O)CCC1=O.CCCCCCC(=O)ON1C(=O)CCC1=O.CCN1C(=O)CCC1=O. The van der Waals surface area contributed by atoms with Crippen LogP contribution < -0.4 is 0 Å². The standard InChI is InChI=1S/C11H17NO4.C10H13NO5.C9H11NO5.C7H9NO4.C6H9NO2/c1-2-3-4-5-6-11(15)16-12-9(13)7-8-10(12)14;1-7(12)3-2-4-10(15)16-11-8(13)5-6-9(11)14;1-6(11)2-5-9(14)15-10-7(12)3-4-8(10)13;1-2-7(11)12-8-5(9)3-4-6(8)10;1-2-7-5(8)3-4-6(7)9/h2-8H2,1H3;2-6H2,1H3;2-5H2,1H3;2-4H2,1H3;2-4H2,1H3. The molecule has 5 heterocycles. The van der Waals surface area contributed by atoms with E-state index in [1.165, 1.54) is 18.7 Å². The van der Waals surface area contributed by atoms with Crippen molar-refractivity contribution < 1.29 is 96.1 Å². The topological polar surface area (TPSA) is 326 Å². The first kappa shape index (κ1) is 58.9. The summed E-state index contributed by atoms with van der Waals surface area (Å²) in [6.07, 6.45) is 6.57. The average Bonchev–Trinajstić information content (AvgIpc) is 4.07. The van der Waals surface area contributed by atoms with Crippen LogP contribution in [0.5, 0.6) is 0 Å². The molecule has 0 spiro atoms. The number of hydroxylamine groups is 8. The highest BCUT2D eigenvalue weighted by atomic mass is 16.7. The van der Waals surface area contributed by atoms with Crippen LogP contribution in [0.3, 0.4) is 0 Å². The molecule has 25 heteroatoms. The van der Waals surface area contributed by atoms with Gasteiger partial charge in [0.15, 0.2) is 0 Å². The van der Waals surface area contributed by atoms with Crippen LogP contribution in [0.1, 0.15) is 169 Å². The number of hydrogen-bond acceptors (Lipinski definition) is 20. The molecule has 0 aromatic heterocycles. The quantitative estimate of drug-likeness (QED) is 0.140. The third-order valence-corrected chi connectivity index (χ3v) is 9.38. The van der Waals surface area contributed by atoms with E-state index in [2.05, 4.69) is 21.4 Å². The number of unbranched alkanes of at least 4 members (excludes halogenated alkanes) is 3. The zero-order valence-electron chi connectivity index (χ0n) is 39.0. The number of carbonyl (C=O) groups is 16. The van der Waals surface area contributed by atoms with Crippen molar-refractivity contribution in [3.8, 4) is 0 Å². The Balaban J connectivity index is 0.000000430. The highest BCUT2D eigenvalue weighted by Crippen LogP contribution is 2.16. The summed E-state index contributed by atoms with van der Waals surface area (Å²) in [6, 6.07) is 0. The maximum absolute atomic E-state index is 11.3. The third-order valence-electron chi connectivity index (χ3n) is 9.38. The minimum Gasteiger partial charge on any atom is -0.330 e. The van der Waals surface area contributed by atoms with E-state index in [0.717, 1.165) is 25.7 Å². The molecule has 0 radical (unpaired) electrons. The Morgan fingerprint density at radius 3 is 0.926 bits per heavy atom. The molecule has 5 aliphatic heterocycles. The fourth-order valence-corrected chi connectivity index (χ4v) is 5.67. The van der Waals surface area contributed by atoms with E-state index in [0.29, 0.717) is 46.1 Å². The number of likely N-dealkylation sites (tertiary alicyclic amines) is 1. The Bertz CT molecular complexity index is 1880. The lowest BCUT2D eigenvalue weighted by molar-refractivity contribution is -0.197. The number of rotatable bonds is 18. The molecule has 25 nitrogen and oxygen atoms in total. The van der Waals surface area contributed by atoms with Crippen molar-refractivity contribution in [2.24, 2.45) is 0 Å². The molecule has 0 aliphatic carbocycles. The van der Waals surface area contributed by atoms with Crippen molar-refractivity contribution in [2.75, 3.05) is 6.54 Å². The Morgan fingerprint density at radius 2 is 0.647 bits per heavy atom. The summed E-state index contributed by atoms with van der Waals surface area (Å²) in [7, 11) is 0. The predicted octanol–water partition coefficient (Wildman–Crippen LogP) is 2.04. The summed E-state index contributed by atoms with van der Waals surface area (Å²) in [5.41, 5.74) is 0. The van der Waals surface area contributed by atoms with E-state index >= 15 is 0 Å². The highest BCUT2D eigenvalue weighted by molar-refractivity contribution is 6.04. The Labute approximate surface area is 391 Å². The lowest BCUT2D eigenvalue weighted by atomic mass is 10.2. The monoisotopic (exact) mass is 965 g/mol. The van der Waals surface area contributed by atoms with Gasteiger partial charge in [-0.15, -0.1) is 20.3 Å². The summed E-state index contributed by atoms with van der Waals surface area (Å²) >= 11 is 0. The van der Waals surface area contributed by atoms with Crippen molar-refractivity contribution in [3.63, 3.8) is 0 Å². The van der Waals surface area contributed by atoms with Crippen LogP contribution in [0.2, 0.25) is 0 Å². The molecule has 5 rings (SSSR count). The van der Waals surface area contributed by atoms with Crippen LogP contribution in [0.15, 0.2) is 0 Å². The summed E-state index contributed by atoms with van der Waals surface area (Å²) in [5, 5.41) is 2.13. The van der Waals surface area contributed by atoms with Gasteiger partial charge < -0.3 is 28.9 Å². The van der Waals surface area contributed by atoms with Crippen molar-refractivity contribution in [1.82, 2.24) is 25.2 Å². The first-order valence-electron chi connectivity index (χ1n) is 22.1.